The molecule has 0 saturated carbocycles. The molecule has 1 N–H and O–H groups in total. The number of guanidine groups is 1. The van der Waals surface area contributed by atoms with Crippen LogP contribution in [0, 0.1) is 5.92 Å². The average Bonchev–Trinajstić information content (AvgIpc) is 2.35. The van der Waals surface area contributed by atoms with Crippen LogP contribution in [0.5, 0.6) is 0 Å². The van der Waals surface area contributed by atoms with E-state index in [1.807, 2.05) is 13.1 Å². The van der Waals surface area contributed by atoms with E-state index >= 15 is 0 Å². The van der Waals surface area contributed by atoms with Crippen LogP contribution in [0.3, 0.4) is 0 Å². The molecule has 0 heterocycles. The Hall–Kier alpha value is -0.260. The first-order valence-corrected chi connectivity index (χ1v) is 6.72. The first-order valence-electron chi connectivity index (χ1n) is 6.72. The molecule has 0 fully saturated rings. The third-order valence-corrected chi connectivity index (χ3v) is 3.18. The van der Waals surface area contributed by atoms with Gasteiger partial charge in [-0.3, -0.25) is 4.99 Å². The molecule has 0 aromatic rings. The second-order valence-electron chi connectivity index (χ2n) is 4.46. The van der Waals surface area contributed by atoms with Crippen molar-refractivity contribution in [1.29, 1.82) is 0 Å². The maximum Gasteiger partial charge on any atom is 0.193 e. The number of aliphatic imine (C=N–C) groups is 1. The first-order chi connectivity index (χ1) is 8.19. The van der Waals surface area contributed by atoms with Gasteiger partial charge in [0.15, 0.2) is 5.96 Å². The molecule has 0 unspecified atom stereocenters. The Kier molecular flexibility index (Phi) is 14.7. The number of nitrogens with one attached hydrogen (secondary N) is 1. The van der Waals surface area contributed by atoms with Crippen LogP contribution < -0.4 is 5.32 Å². The van der Waals surface area contributed by atoms with Crippen molar-refractivity contribution in [2.24, 2.45) is 10.9 Å². The summed E-state index contributed by atoms with van der Waals surface area (Å²) in [6.07, 6.45) is 6.61. The van der Waals surface area contributed by atoms with E-state index in [0.29, 0.717) is 0 Å². The highest BCUT2D eigenvalue weighted by atomic mass is 127. The average molecular weight is 367 g/mol. The molecule has 4 heteroatoms. The van der Waals surface area contributed by atoms with Crippen LogP contribution in [-0.2, 0) is 0 Å². The topological polar surface area (TPSA) is 27.6 Å². The largest absolute Gasteiger partial charge is 0.356 e. The molecular weight excluding hydrogens is 337 g/mol. The van der Waals surface area contributed by atoms with Gasteiger partial charge < -0.3 is 10.2 Å². The van der Waals surface area contributed by atoms with E-state index < -0.39 is 0 Å². The molecule has 0 aromatic heterocycles. The quantitative estimate of drug-likeness (QED) is 0.234. The fourth-order valence-corrected chi connectivity index (χ4v) is 1.78. The number of hydrogen-bond donors (Lipinski definition) is 1. The van der Waals surface area contributed by atoms with E-state index in [0.717, 1.165) is 37.8 Å². The molecular formula is C14H30IN3. The predicted molar refractivity (Wildman–Crippen MR) is 92.9 cm³/mol. The van der Waals surface area contributed by atoms with E-state index in [2.05, 4.69) is 42.7 Å². The van der Waals surface area contributed by atoms with E-state index in [1.54, 1.807) is 0 Å². The summed E-state index contributed by atoms with van der Waals surface area (Å²) < 4.78 is 0. The molecule has 0 saturated heterocycles. The highest BCUT2D eigenvalue weighted by Gasteiger charge is 2.08. The molecule has 18 heavy (non-hydrogen) atoms. The van der Waals surface area contributed by atoms with Crippen LogP contribution in [-0.4, -0.2) is 38.0 Å². The van der Waals surface area contributed by atoms with Crippen molar-refractivity contribution < 1.29 is 0 Å². The zero-order chi connectivity index (χ0) is 13.1. The van der Waals surface area contributed by atoms with Gasteiger partial charge >= 0.3 is 0 Å². The molecule has 0 aliphatic heterocycles. The lowest BCUT2D eigenvalue weighted by Crippen LogP contribution is -2.41. The minimum absolute atomic E-state index is 0. The minimum atomic E-state index is 0. The Labute approximate surface area is 130 Å². The van der Waals surface area contributed by atoms with Crippen LogP contribution in [0.2, 0.25) is 0 Å². The summed E-state index contributed by atoms with van der Waals surface area (Å²) in [7, 11) is 3.94. The number of unbranched alkanes of at least 4 members (excludes halogenated alkanes) is 1. The second-order valence-corrected chi connectivity index (χ2v) is 4.46. The lowest BCUT2D eigenvalue weighted by Gasteiger charge is -2.23. The lowest BCUT2D eigenvalue weighted by molar-refractivity contribution is 0.439. The van der Waals surface area contributed by atoms with Gasteiger partial charge in [-0.15, -0.1) is 30.6 Å². The molecule has 0 bridgehead atoms. The van der Waals surface area contributed by atoms with Gasteiger partial charge in [0, 0.05) is 27.2 Å². The Morgan fingerprint density at radius 1 is 1.39 bits per heavy atom. The van der Waals surface area contributed by atoms with Gasteiger partial charge in [0.1, 0.15) is 0 Å². The standard InChI is InChI=1S/C14H29N3.HI/c1-6-9-10-11-17(5)14(15-4)16-12-13(7-2)8-3;/h6,13H,1,7-12H2,2-5H3,(H,15,16);1H. The zero-order valence-electron chi connectivity index (χ0n) is 12.4. The second kappa shape index (κ2) is 13.2. The molecule has 0 amide bonds. The molecule has 0 aliphatic rings. The van der Waals surface area contributed by atoms with Gasteiger partial charge in [0.25, 0.3) is 0 Å². The number of nitrogens with zero attached hydrogens (tertiary/aromatic N) is 2. The first kappa shape index (κ1) is 20.1. The SMILES string of the molecule is C=CCCCN(C)C(=NC)NCC(CC)CC.I. The molecule has 0 radical (unpaired) electrons. The van der Waals surface area contributed by atoms with Crippen molar-refractivity contribution >= 4 is 29.9 Å². The molecule has 3 nitrogen and oxygen atoms in total. The van der Waals surface area contributed by atoms with E-state index in [9.17, 15) is 0 Å². The number of halogens is 1. The summed E-state index contributed by atoms with van der Waals surface area (Å²) >= 11 is 0. The normalized spacial score (nSPS) is 11.1. The van der Waals surface area contributed by atoms with Crippen LogP contribution >= 0.6 is 24.0 Å². The third kappa shape index (κ3) is 8.78. The Morgan fingerprint density at radius 2 is 2.00 bits per heavy atom. The molecule has 0 spiro atoms. The molecule has 0 aliphatic carbocycles. The van der Waals surface area contributed by atoms with Crippen LogP contribution in [0.4, 0.5) is 0 Å². The van der Waals surface area contributed by atoms with Crippen molar-refractivity contribution in [1.82, 2.24) is 10.2 Å². The third-order valence-electron chi connectivity index (χ3n) is 3.18. The van der Waals surface area contributed by atoms with E-state index in [-0.39, 0.29) is 24.0 Å². The number of rotatable bonds is 8. The lowest BCUT2D eigenvalue weighted by atomic mass is 10.0. The highest BCUT2D eigenvalue weighted by Crippen LogP contribution is 2.05. The molecule has 0 rings (SSSR count). The maximum atomic E-state index is 4.31. The predicted octanol–water partition coefficient (Wildman–Crippen LogP) is 3.51. The van der Waals surface area contributed by atoms with Gasteiger partial charge in [-0.05, 0) is 18.8 Å². The maximum absolute atomic E-state index is 4.31. The van der Waals surface area contributed by atoms with Gasteiger partial charge in [-0.1, -0.05) is 32.8 Å². The fraction of sp³-hybridized carbons (Fsp3) is 0.786. The smallest absolute Gasteiger partial charge is 0.193 e. The highest BCUT2D eigenvalue weighted by molar-refractivity contribution is 14.0. The summed E-state index contributed by atoms with van der Waals surface area (Å²) in [5.41, 5.74) is 0. The summed E-state index contributed by atoms with van der Waals surface area (Å²) in [4.78, 5) is 6.50. The fourth-order valence-electron chi connectivity index (χ4n) is 1.78. The van der Waals surface area contributed by atoms with E-state index in [1.165, 1.54) is 12.8 Å². The van der Waals surface area contributed by atoms with Crippen molar-refractivity contribution in [3.05, 3.63) is 12.7 Å². The van der Waals surface area contributed by atoms with Gasteiger partial charge in [0.05, 0.1) is 0 Å². The van der Waals surface area contributed by atoms with Gasteiger partial charge in [-0.2, -0.15) is 0 Å². The van der Waals surface area contributed by atoms with Crippen LogP contribution in [0.15, 0.2) is 17.6 Å². The molecule has 0 aromatic carbocycles. The monoisotopic (exact) mass is 367 g/mol. The Bertz CT molecular complexity index is 225. The van der Waals surface area contributed by atoms with Gasteiger partial charge in [0.2, 0.25) is 0 Å². The Balaban J connectivity index is 0. The van der Waals surface area contributed by atoms with Crippen LogP contribution in [0.25, 0.3) is 0 Å². The van der Waals surface area contributed by atoms with Crippen molar-refractivity contribution in [2.75, 3.05) is 27.2 Å². The van der Waals surface area contributed by atoms with Crippen molar-refractivity contribution in [3.63, 3.8) is 0 Å². The van der Waals surface area contributed by atoms with Crippen molar-refractivity contribution in [3.8, 4) is 0 Å². The van der Waals surface area contributed by atoms with Crippen LogP contribution in [0.1, 0.15) is 39.5 Å². The summed E-state index contributed by atoms with van der Waals surface area (Å²) in [6.45, 7) is 10.3. The summed E-state index contributed by atoms with van der Waals surface area (Å²) in [5.74, 6) is 1.74. The number of hydrogen-bond acceptors (Lipinski definition) is 1. The van der Waals surface area contributed by atoms with Crippen molar-refractivity contribution in [2.45, 2.75) is 39.5 Å². The van der Waals surface area contributed by atoms with Gasteiger partial charge in [-0.25, -0.2) is 0 Å². The summed E-state index contributed by atoms with van der Waals surface area (Å²) in [5, 5.41) is 3.45. The number of allylic oxidation sites excluding steroid dienone is 1. The zero-order valence-corrected chi connectivity index (χ0v) is 14.7. The molecule has 0 atom stereocenters. The minimum Gasteiger partial charge on any atom is -0.356 e. The Morgan fingerprint density at radius 3 is 2.44 bits per heavy atom. The molecule has 108 valence electrons. The summed E-state index contributed by atoms with van der Waals surface area (Å²) in [6, 6.07) is 0. The van der Waals surface area contributed by atoms with E-state index in [4.69, 9.17) is 0 Å².